The number of aromatic nitrogens is 1. The second-order valence-corrected chi connectivity index (χ2v) is 3.68. The van der Waals surface area contributed by atoms with Crippen molar-refractivity contribution in [3.8, 4) is 11.8 Å². The van der Waals surface area contributed by atoms with E-state index >= 15 is 0 Å². The number of ether oxygens (including phenoxy) is 1. The lowest BCUT2D eigenvalue weighted by Gasteiger charge is -2.16. The van der Waals surface area contributed by atoms with Crippen molar-refractivity contribution in [2.24, 2.45) is 0 Å². The zero-order chi connectivity index (χ0) is 10.3. The minimum atomic E-state index is 0.465. The highest BCUT2D eigenvalue weighted by molar-refractivity contribution is 5.89. The van der Waals surface area contributed by atoms with Crippen LogP contribution in [0.5, 0.6) is 5.75 Å². The smallest absolute Gasteiger partial charge is 0.143 e. The second-order valence-electron chi connectivity index (χ2n) is 3.68. The van der Waals surface area contributed by atoms with Crippen LogP contribution in [-0.2, 0) is 13.0 Å². The molecular weight excluding hydrogens is 188 g/mol. The zero-order valence-electron chi connectivity index (χ0n) is 8.23. The van der Waals surface area contributed by atoms with Crippen molar-refractivity contribution in [1.82, 2.24) is 4.57 Å². The molecule has 3 rings (SSSR count). The summed E-state index contributed by atoms with van der Waals surface area (Å²) in [6.45, 7) is 1.59. The number of hydrogen-bond acceptors (Lipinski definition) is 2. The lowest BCUT2D eigenvalue weighted by atomic mass is 10.1. The van der Waals surface area contributed by atoms with Gasteiger partial charge in [0.05, 0.1) is 24.6 Å². The summed E-state index contributed by atoms with van der Waals surface area (Å²) in [5.74, 6) is 0.933. The van der Waals surface area contributed by atoms with Crippen molar-refractivity contribution >= 4 is 10.9 Å². The summed E-state index contributed by atoms with van der Waals surface area (Å²) < 4.78 is 7.76. The Balaban J connectivity index is 2.34. The van der Waals surface area contributed by atoms with Crippen LogP contribution in [0.1, 0.15) is 5.56 Å². The molecule has 15 heavy (non-hydrogen) atoms. The quantitative estimate of drug-likeness (QED) is 0.703. The summed E-state index contributed by atoms with van der Waals surface area (Å²) in [5, 5.41) is 9.90. The summed E-state index contributed by atoms with van der Waals surface area (Å²) in [7, 11) is 0. The largest absolute Gasteiger partial charge is 0.490 e. The van der Waals surface area contributed by atoms with E-state index in [1.807, 2.05) is 12.1 Å². The molecule has 0 fully saturated rings. The Bertz CT molecular complexity index is 563. The maximum Gasteiger partial charge on any atom is 0.143 e. The Morgan fingerprint density at radius 3 is 3.27 bits per heavy atom. The highest BCUT2D eigenvalue weighted by Crippen LogP contribution is 2.32. The second kappa shape index (κ2) is 3.03. The SMILES string of the molecule is N#CCc1cn2c3c(cccc13)OCC2. The van der Waals surface area contributed by atoms with Crippen LogP contribution in [0, 0.1) is 11.3 Å². The number of nitrogens with zero attached hydrogens (tertiary/aromatic N) is 2. The van der Waals surface area contributed by atoms with Gasteiger partial charge in [0.15, 0.2) is 0 Å². The minimum absolute atomic E-state index is 0.465. The van der Waals surface area contributed by atoms with E-state index in [2.05, 4.69) is 22.9 Å². The van der Waals surface area contributed by atoms with Crippen LogP contribution in [0.15, 0.2) is 24.4 Å². The Labute approximate surface area is 87.5 Å². The summed E-state index contributed by atoms with van der Waals surface area (Å²) in [5.41, 5.74) is 2.23. The van der Waals surface area contributed by atoms with Gasteiger partial charge >= 0.3 is 0 Å². The molecule has 0 unspecified atom stereocenters. The normalized spacial score (nSPS) is 13.5. The minimum Gasteiger partial charge on any atom is -0.490 e. The lowest BCUT2D eigenvalue weighted by Crippen LogP contribution is -2.12. The molecule has 0 N–H and O–H groups in total. The molecule has 0 radical (unpaired) electrons. The van der Waals surface area contributed by atoms with Crippen molar-refractivity contribution in [2.45, 2.75) is 13.0 Å². The molecule has 0 saturated heterocycles. The summed E-state index contributed by atoms with van der Waals surface area (Å²) >= 11 is 0. The Kier molecular flexibility index (Phi) is 1.69. The molecule has 0 bridgehead atoms. The van der Waals surface area contributed by atoms with Crippen molar-refractivity contribution < 1.29 is 4.74 Å². The average Bonchev–Trinajstić information content (AvgIpc) is 2.61. The monoisotopic (exact) mass is 198 g/mol. The number of para-hydroxylation sites is 1. The van der Waals surface area contributed by atoms with E-state index in [9.17, 15) is 0 Å². The maximum atomic E-state index is 8.76. The van der Waals surface area contributed by atoms with E-state index in [0.29, 0.717) is 13.0 Å². The van der Waals surface area contributed by atoms with Gasteiger partial charge in [-0.25, -0.2) is 0 Å². The number of hydrogen-bond donors (Lipinski definition) is 0. The van der Waals surface area contributed by atoms with Crippen LogP contribution in [0.2, 0.25) is 0 Å². The van der Waals surface area contributed by atoms with Gasteiger partial charge < -0.3 is 9.30 Å². The predicted molar refractivity (Wildman–Crippen MR) is 56.8 cm³/mol. The third kappa shape index (κ3) is 1.11. The van der Waals surface area contributed by atoms with Gasteiger partial charge in [0.25, 0.3) is 0 Å². The van der Waals surface area contributed by atoms with Gasteiger partial charge in [0.2, 0.25) is 0 Å². The molecule has 2 heterocycles. The van der Waals surface area contributed by atoms with Crippen LogP contribution < -0.4 is 4.74 Å². The van der Waals surface area contributed by atoms with E-state index in [1.54, 1.807) is 0 Å². The van der Waals surface area contributed by atoms with Crippen LogP contribution in [-0.4, -0.2) is 11.2 Å². The van der Waals surface area contributed by atoms with Crippen molar-refractivity contribution in [1.29, 1.82) is 5.26 Å². The van der Waals surface area contributed by atoms with Crippen molar-refractivity contribution in [2.75, 3.05) is 6.61 Å². The molecule has 0 saturated carbocycles. The summed E-state index contributed by atoms with van der Waals surface area (Å²) in [4.78, 5) is 0. The highest BCUT2D eigenvalue weighted by atomic mass is 16.5. The van der Waals surface area contributed by atoms with E-state index in [0.717, 1.165) is 28.8 Å². The summed E-state index contributed by atoms with van der Waals surface area (Å²) in [6.07, 6.45) is 2.53. The van der Waals surface area contributed by atoms with Gasteiger partial charge in [-0.05, 0) is 11.6 Å². The first-order valence-electron chi connectivity index (χ1n) is 5.00. The third-order valence-corrected chi connectivity index (χ3v) is 2.80. The number of nitriles is 1. The molecule has 2 aromatic rings. The topological polar surface area (TPSA) is 38.0 Å². The molecule has 3 heteroatoms. The first-order valence-corrected chi connectivity index (χ1v) is 5.00. The molecular formula is C12H10N2O. The standard InChI is InChI=1S/C12H10N2O/c13-5-4-9-8-14-6-7-15-11-3-1-2-10(9)12(11)14/h1-3,8H,4,6-7H2. The van der Waals surface area contributed by atoms with Crippen molar-refractivity contribution in [3.63, 3.8) is 0 Å². The van der Waals surface area contributed by atoms with Gasteiger partial charge in [0, 0.05) is 11.6 Å². The molecule has 0 amide bonds. The highest BCUT2D eigenvalue weighted by Gasteiger charge is 2.15. The van der Waals surface area contributed by atoms with Crippen LogP contribution in [0.4, 0.5) is 0 Å². The first kappa shape index (κ1) is 8.37. The van der Waals surface area contributed by atoms with Gasteiger partial charge in [-0.2, -0.15) is 5.26 Å². The molecule has 0 spiro atoms. The first-order chi connectivity index (χ1) is 7.40. The van der Waals surface area contributed by atoms with Crippen LogP contribution in [0.25, 0.3) is 10.9 Å². The number of benzene rings is 1. The molecule has 1 aliphatic heterocycles. The molecule has 3 nitrogen and oxygen atoms in total. The summed E-state index contributed by atoms with van der Waals surface area (Å²) in [6, 6.07) is 8.21. The fourth-order valence-corrected chi connectivity index (χ4v) is 2.17. The van der Waals surface area contributed by atoms with Crippen LogP contribution in [0.3, 0.4) is 0 Å². The Morgan fingerprint density at radius 2 is 2.40 bits per heavy atom. The van der Waals surface area contributed by atoms with E-state index in [1.165, 1.54) is 0 Å². The number of rotatable bonds is 1. The third-order valence-electron chi connectivity index (χ3n) is 2.80. The molecule has 1 aromatic heterocycles. The molecule has 1 aromatic carbocycles. The van der Waals surface area contributed by atoms with Crippen LogP contribution >= 0.6 is 0 Å². The zero-order valence-corrected chi connectivity index (χ0v) is 8.23. The Morgan fingerprint density at radius 1 is 1.47 bits per heavy atom. The maximum absolute atomic E-state index is 8.76. The fraction of sp³-hybridized carbons (Fsp3) is 0.250. The molecule has 74 valence electrons. The lowest BCUT2D eigenvalue weighted by molar-refractivity contribution is 0.287. The van der Waals surface area contributed by atoms with E-state index < -0.39 is 0 Å². The predicted octanol–water partition coefficient (Wildman–Crippen LogP) is 2.10. The fourth-order valence-electron chi connectivity index (χ4n) is 2.17. The van der Waals surface area contributed by atoms with Gasteiger partial charge in [-0.15, -0.1) is 0 Å². The van der Waals surface area contributed by atoms with E-state index in [-0.39, 0.29) is 0 Å². The van der Waals surface area contributed by atoms with Gasteiger partial charge in [-0.1, -0.05) is 12.1 Å². The average molecular weight is 198 g/mol. The van der Waals surface area contributed by atoms with Gasteiger partial charge in [-0.3, -0.25) is 0 Å². The molecule has 0 atom stereocenters. The van der Waals surface area contributed by atoms with Gasteiger partial charge in [0.1, 0.15) is 12.4 Å². The molecule has 1 aliphatic rings. The van der Waals surface area contributed by atoms with E-state index in [4.69, 9.17) is 10.00 Å². The van der Waals surface area contributed by atoms with Crippen molar-refractivity contribution in [3.05, 3.63) is 30.0 Å². The Hall–Kier alpha value is -1.95. The molecule has 0 aliphatic carbocycles.